The molecule has 0 aliphatic heterocycles. The van der Waals surface area contributed by atoms with Crippen LogP contribution >= 0.6 is 0 Å². The number of hydrogen-bond acceptors (Lipinski definition) is 3. The highest BCUT2D eigenvalue weighted by molar-refractivity contribution is 6.74. The zero-order chi connectivity index (χ0) is 23.6. The number of ether oxygens (including phenoxy) is 1. The predicted octanol–water partition coefficient (Wildman–Crippen LogP) is 7.35. The summed E-state index contributed by atoms with van der Waals surface area (Å²) in [4.78, 5) is 11.8. The van der Waals surface area contributed by atoms with Crippen LogP contribution in [0.25, 0.3) is 0 Å². The number of esters is 1. The molecule has 2 fully saturated rings. The molecular weight excluding hydrogens is 412 g/mol. The Kier molecular flexibility index (Phi) is 5.88. The largest absolute Gasteiger partial charge is 0.543 e. The van der Waals surface area contributed by atoms with Crippen LogP contribution in [0, 0.1) is 29.1 Å². The maximum atomic E-state index is 11.8. The van der Waals surface area contributed by atoms with Crippen LogP contribution in [0.5, 0.6) is 5.75 Å². The number of hydrogen-bond donors (Lipinski definition) is 0. The Labute approximate surface area is 196 Å². The molecule has 2 saturated carbocycles. The van der Waals surface area contributed by atoms with Gasteiger partial charge in [0, 0.05) is 12.3 Å². The van der Waals surface area contributed by atoms with Crippen molar-refractivity contribution in [3.05, 3.63) is 29.3 Å². The summed E-state index contributed by atoms with van der Waals surface area (Å²) in [6.07, 6.45) is 4.57. The second-order valence-corrected chi connectivity index (χ2v) is 17.7. The van der Waals surface area contributed by atoms with E-state index in [1.807, 2.05) is 0 Å². The molecule has 0 radical (unpaired) electrons. The second kappa shape index (κ2) is 7.89. The predicted molar refractivity (Wildman–Crippen MR) is 134 cm³/mol. The Morgan fingerprint density at radius 2 is 1.81 bits per heavy atom. The Bertz CT molecular complexity index is 885. The molecule has 3 nitrogen and oxygen atoms in total. The molecule has 0 bridgehead atoms. The van der Waals surface area contributed by atoms with Gasteiger partial charge >= 0.3 is 5.97 Å². The van der Waals surface area contributed by atoms with Crippen LogP contribution in [0.3, 0.4) is 0 Å². The quantitative estimate of drug-likeness (QED) is 0.352. The second-order valence-electron chi connectivity index (χ2n) is 13.0. The number of benzene rings is 1. The summed E-state index contributed by atoms with van der Waals surface area (Å²) in [6, 6.07) is 6.99. The van der Waals surface area contributed by atoms with Crippen molar-refractivity contribution in [3.8, 4) is 5.75 Å². The van der Waals surface area contributed by atoms with Gasteiger partial charge in [-0.2, -0.15) is 0 Å². The molecule has 7 atom stereocenters. The van der Waals surface area contributed by atoms with Crippen molar-refractivity contribution in [3.63, 3.8) is 0 Å². The average Bonchev–Trinajstić information content (AvgIpc) is 2.95. The van der Waals surface area contributed by atoms with Gasteiger partial charge in [0.15, 0.2) is 0 Å². The van der Waals surface area contributed by atoms with E-state index in [0.717, 1.165) is 25.0 Å². The summed E-state index contributed by atoms with van der Waals surface area (Å²) in [5, 5.41) is 0.199. The summed E-state index contributed by atoms with van der Waals surface area (Å²) < 4.78 is 12.5. The van der Waals surface area contributed by atoms with E-state index in [1.54, 1.807) is 12.5 Å². The number of carbonyl (C=O) groups is 1. The van der Waals surface area contributed by atoms with E-state index in [9.17, 15) is 4.79 Å². The first-order chi connectivity index (χ1) is 14.7. The van der Waals surface area contributed by atoms with E-state index in [0.29, 0.717) is 29.6 Å². The van der Waals surface area contributed by atoms with E-state index in [1.165, 1.54) is 12.0 Å². The normalized spacial score (nSPS) is 36.7. The summed E-state index contributed by atoms with van der Waals surface area (Å²) in [5.41, 5.74) is 3.17. The molecule has 0 spiro atoms. The maximum absolute atomic E-state index is 11.8. The third-order valence-electron chi connectivity index (χ3n) is 9.74. The molecule has 0 N–H and O–H groups in total. The van der Waals surface area contributed by atoms with E-state index < -0.39 is 8.32 Å². The fraction of sp³-hybridized carbons (Fsp3) is 0.750. The van der Waals surface area contributed by atoms with Crippen molar-refractivity contribution in [2.24, 2.45) is 29.1 Å². The number of fused-ring (bicyclic) bond motifs is 5. The van der Waals surface area contributed by atoms with Gasteiger partial charge in [-0.15, -0.1) is 0 Å². The number of carbonyl (C=O) groups excluding carboxylic acids is 1. The molecule has 0 amide bonds. The molecule has 4 rings (SSSR count). The standard InChI is InChI=1S/C28H44O3Si/c1-17-14-20-15-21(31-32(8,9)27(4,5)6)10-11-22(20)25-18(2)16-28(7)23(26(17)25)12-13-24(28)30-19(3)29/h10-11,15,17-18,23-26H,12-14,16H2,1-9H3/t17-,18+,23?,24+,25?,26?,28+/m1/s1. The molecule has 1 aromatic carbocycles. The van der Waals surface area contributed by atoms with E-state index >= 15 is 0 Å². The van der Waals surface area contributed by atoms with Crippen molar-refractivity contribution in [1.29, 1.82) is 0 Å². The minimum Gasteiger partial charge on any atom is -0.543 e. The molecule has 0 saturated heterocycles. The van der Waals surface area contributed by atoms with Gasteiger partial charge in [0.25, 0.3) is 0 Å². The lowest BCUT2D eigenvalue weighted by Crippen LogP contribution is -2.50. The van der Waals surface area contributed by atoms with Crippen LogP contribution in [0.4, 0.5) is 0 Å². The first-order valence-corrected chi connectivity index (χ1v) is 15.6. The zero-order valence-electron chi connectivity index (χ0n) is 21.7. The molecule has 3 aliphatic rings. The van der Waals surface area contributed by atoms with E-state index in [-0.39, 0.29) is 22.5 Å². The maximum Gasteiger partial charge on any atom is 0.302 e. The van der Waals surface area contributed by atoms with Crippen molar-refractivity contribution < 1.29 is 14.0 Å². The van der Waals surface area contributed by atoms with Crippen LogP contribution in [0.15, 0.2) is 18.2 Å². The Hall–Kier alpha value is -1.29. The highest BCUT2D eigenvalue weighted by Crippen LogP contribution is 2.64. The third kappa shape index (κ3) is 3.84. The molecule has 0 aromatic heterocycles. The summed E-state index contributed by atoms with van der Waals surface area (Å²) in [5.74, 6) is 4.08. The summed E-state index contributed by atoms with van der Waals surface area (Å²) in [7, 11) is -1.85. The van der Waals surface area contributed by atoms with Crippen LogP contribution < -0.4 is 4.43 Å². The molecule has 3 unspecified atom stereocenters. The van der Waals surface area contributed by atoms with Crippen molar-refractivity contribution in [2.75, 3.05) is 0 Å². The van der Waals surface area contributed by atoms with E-state index in [2.05, 4.69) is 72.8 Å². The SMILES string of the molecule is CC(=O)O[C@H]1CCC2C3C(c4ccc(O[Si](C)(C)C(C)(C)C)cc4C[C@H]3C)[C@@H](C)C[C@@]21C. The van der Waals surface area contributed by atoms with Crippen LogP contribution in [0.2, 0.25) is 18.1 Å². The van der Waals surface area contributed by atoms with Gasteiger partial charge in [-0.25, -0.2) is 0 Å². The summed E-state index contributed by atoms with van der Waals surface area (Å²) in [6.45, 7) is 20.4. The molecule has 4 heteroatoms. The minimum absolute atomic E-state index is 0.0855. The number of rotatable bonds is 3. The Morgan fingerprint density at radius 1 is 1.12 bits per heavy atom. The smallest absolute Gasteiger partial charge is 0.302 e. The van der Waals surface area contributed by atoms with Gasteiger partial charge in [0.1, 0.15) is 11.9 Å². The van der Waals surface area contributed by atoms with Crippen molar-refractivity contribution in [2.45, 2.75) is 104 Å². The third-order valence-corrected chi connectivity index (χ3v) is 14.1. The highest BCUT2D eigenvalue weighted by atomic mass is 28.4. The molecule has 178 valence electrons. The van der Waals surface area contributed by atoms with Gasteiger partial charge in [0.05, 0.1) is 0 Å². The lowest BCUT2D eigenvalue weighted by molar-refractivity contribution is -0.156. The molecular formula is C28H44O3Si. The Balaban J connectivity index is 1.64. The lowest BCUT2D eigenvalue weighted by atomic mass is 9.50. The van der Waals surface area contributed by atoms with Gasteiger partial charge < -0.3 is 9.16 Å². The first kappa shape index (κ1) is 23.9. The highest BCUT2D eigenvalue weighted by Gasteiger charge is 2.59. The Morgan fingerprint density at radius 3 is 2.44 bits per heavy atom. The fourth-order valence-corrected chi connectivity index (χ4v) is 8.35. The van der Waals surface area contributed by atoms with Gasteiger partial charge in [0.2, 0.25) is 8.32 Å². The zero-order valence-corrected chi connectivity index (χ0v) is 22.7. The fourth-order valence-electron chi connectivity index (χ4n) is 7.33. The summed E-state index contributed by atoms with van der Waals surface area (Å²) >= 11 is 0. The monoisotopic (exact) mass is 456 g/mol. The average molecular weight is 457 g/mol. The van der Waals surface area contributed by atoms with Crippen LogP contribution in [-0.4, -0.2) is 20.4 Å². The van der Waals surface area contributed by atoms with Gasteiger partial charge in [-0.05, 0) is 96.7 Å². The van der Waals surface area contributed by atoms with Crippen molar-refractivity contribution >= 4 is 14.3 Å². The van der Waals surface area contributed by atoms with Gasteiger partial charge in [-0.1, -0.05) is 47.6 Å². The topological polar surface area (TPSA) is 35.5 Å². The molecule has 1 aromatic rings. The van der Waals surface area contributed by atoms with Gasteiger partial charge in [-0.3, -0.25) is 4.79 Å². The van der Waals surface area contributed by atoms with Crippen LogP contribution in [-0.2, 0) is 16.0 Å². The minimum atomic E-state index is -1.85. The molecule has 32 heavy (non-hydrogen) atoms. The lowest BCUT2D eigenvalue weighted by Gasteiger charge is -2.55. The van der Waals surface area contributed by atoms with Crippen molar-refractivity contribution in [1.82, 2.24) is 0 Å². The van der Waals surface area contributed by atoms with E-state index in [4.69, 9.17) is 9.16 Å². The van der Waals surface area contributed by atoms with Crippen LogP contribution in [0.1, 0.15) is 84.8 Å². The molecule has 0 heterocycles. The first-order valence-electron chi connectivity index (χ1n) is 12.7. The molecule has 3 aliphatic carbocycles.